The van der Waals surface area contributed by atoms with E-state index < -0.39 is 35.9 Å². The molecule has 2 aromatic carbocycles. The van der Waals surface area contributed by atoms with Crippen molar-refractivity contribution in [2.75, 3.05) is 0 Å². The molecule has 0 saturated heterocycles. The minimum absolute atomic E-state index is 0.140. The number of nitrogens with one attached hydrogen (secondary N) is 3. The Morgan fingerprint density at radius 1 is 0.939 bits per heavy atom. The number of amides is 2. The first-order valence-electron chi connectivity index (χ1n) is 10.9. The van der Waals surface area contributed by atoms with Crippen LogP contribution in [-0.2, 0) is 27.2 Å². The minimum Gasteiger partial charge on any atom is -0.480 e. The molecule has 0 bridgehead atoms. The number of carboxylic acid groups (broad SMARTS) is 1. The molecule has 0 spiro atoms. The summed E-state index contributed by atoms with van der Waals surface area (Å²) in [6, 6.07) is 13.9. The van der Waals surface area contributed by atoms with E-state index in [1.165, 1.54) is 0 Å². The second kappa shape index (κ2) is 10.8. The monoisotopic (exact) mass is 450 g/mol. The Labute approximate surface area is 192 Å². The molecule has 0 saturated carbocycles. The van der Waals surface area contributed by atoms with E-state index in [-0.39, 0.29) is 12.3 Å². The zero-order chi connectivity index (χ0) is 24.0. The van der Waals surface area contributed by atoms with Crippen molar-refractivity contribution in [2.45, 2.75) is 44.8 Å². The van der Waals surface area contributed by atoms with E-state index in [1.54, 1.807) is 26.0 Å². The van der Waals surface area contributed by atoms with E-state index in [4.69, 9.17) is 5.73 Å². The summed E-state index contributed by atoms with van der Waals surface area (Å²) in [5.41, 5.74) is 8.80. The van der Waals surface area contributed by atoms with Crippen molar-refractivity contribution < 1.29 is 19.5 Å². The van der Waals surface area contributed by atoms with Crippen molar-refractivity contribution in [3.63, 3.8) is 0 Å². The number of rotatable bonds is 10. The lowest BCUT2D eigenvalue weighted by Gasteiger charge is -2.25. The van der Waals surface area contributed by atoms with Crippen molar-refractivity contribution >= 4 is 28.7 Å². The molecular weight excluding hydrogens is 420 g/mol. The molecule has 3 rings (SSSR count). The largest absolute Gasteiger partial charge is 0.480 e. The first kappa shape index (κ1) is 24.0. The number of aliphatic carboxylic acids is 1. The number of carboxylic acids is 1. The average molecular weight is 451 g/mol. The minimum atomic E-state index is -1.14. The van der Waals surface area contributed by atoms with E-state index in [0.29, 0.717) is 6.42 Å². The molecule has 174 valence electrons. The number of hydrogen-bond donors (Lipinski definition) is 5. The van der Waals surface area contributed by atoms with Crippen LogP contribution < -0.4 is 16.4 Å². The molecule has 33 heavy (non-hydrogen) atoms. The van der Waals surface area contributed by atoms with E-state index in [9.17, 15) is 19.5 Å². The van der Waals surface area contributed by atoms with Crippen molar-refractivity contribution in [3.8, 4) is 0 Å². The number of aromatic amines is 1. The van der Waals surface area contributed by atoms with Gasteiger partial charge in [0.25, 0.3) is 0 Å². The van der Waals surface area contributed by atoms with Crippen LogP contribution in [0.4, 0.5) is 0 Å². The first-order valence-corrected chi connectivity index (χ1v) is 10.9. The maximum absolute atomic E-state index is 12.9. The fraction of sp³-hybridized carbons (Fsp3) is 0.320. The Kier molecular flexibility index (Phi) is 7.84. The van der Waals surface area contributed by atoms with Gasteiger partial charge < -0.3 is 26.5 Å². The molecule has 6 N–H and O–H groups in total. The number of fused-ring (bicyclic) bond motifs is 1. The number of carbonyl (C=O) groups is 3. The Morgan fingerprint density at radius 2 is 1.61 bits per heavy atom. The van der Waals surface area contributed by atoms with Gasteiger partial charge in [0.05, 0.1) is 6.04 Å². The average Bonchev–Trinajstić information content (AvgIpc) is 3.20. The highest BCUT2D eigenvalue weighted by Gasteiger charge is 2.30. The predicted octanol–water partition coefficient (Wildman–Crippen LogP) is 1.99. The quantitative estimate of drug-likeness (QED) is 0.322. The molecule has 0 aliphatic rings. The van der Waals surface area contributed by atoms with Crippen molar-refractivity contribution in [1.82, 2.24) is 15.6 Å². The van der Waals surface area contributed by atoms with Gasteiger partial charge in [-0.25, -0.2) is 4.79 Å². The Morgan fingerprint density at radius 3 is 2.27 bits per heavy atom. The van der Waals surface area contributed by atoms with Gasteiger partial charge in [-0.1, -0.05) is 62.4 Å². The summed E-state index contributed by atoms with van der Waals surface area (Å²) in [6.07, 6.45) is 2.26. The van der Waals surface area contributed by atoms with Crippen molar-refractivity contribution in [1.29, 1.82) is 0 Å². The summed E-state index contributed by atoms with van der Waals surface area (Å²) in [5.74, 6) is -2.43. The molecule has 3 aromatic rings. The zero-order valence-corrected chi connectivity index (χ0v) is 18.7. The summed E-state index contributed by atoms with van der Waals surface area (Å²) in [5, 5.41) is 15.8. The van der Waals surface area contributed by atoms with Gasteiger partial charge >= 0.3 is 5.97 Å². The van der Waals surface area contributed by atoms with Crippen LogP contribution in [0.2, 0.25) is 0 Å². The van der Waals surface area contributed by atoms with Crippen molar-refractivity contribution in [2.24, 2.45) is 11.7 Å². The molecule has 1 aromatic heterocycles. The molecule has 2 amide bonds. The van der Waals surface area contributed by atoms with Crippen LogP contribution in [-0.4, -0.2) is 46.0 Å². The number of para-hydroxylation sites is 1. The standard InChI is InChI=1S/C25H30N4O4/c1-15(2)22(24(31)28-21(25(32)33)12-16-8-4-3-5-9-16)29-23(30)19(26)13-17-14-27-20-11-7-6-10-18(17)20/h3-11,14-15,19,21-22,27H,12-13,26H2,1-2H3,(H,28,31)(H,29,30)(H,32,33)/t19-,21-,22-/m0/s1. The van der Waals surface area contributed by atoms with Crippen LogP contribution >= 0.6 is 0 Å². The van der Waals surface area contributed by atoms with E-state index in [2.05, 4.69) is 15.6 Å². The SMILES string of the molecule is CC(C)[C@H](NC(=O)[C@@H](N)Cc1c[nH]c2ccccc12)C(=O)N[C@@H](Cc1ccccc1)C(=O)O. The van der Waals surface area contributed by atoms with Crippen LogP contribution in [0.3, 0.4) is 0 Å². The lowest BCUT2D eigenvalue weighted by Crippen LogP contribution is -2.56. The summed E-state index contributed by atoms with van der Waals surface area (Å²) >= 11 is 0. The molecular formula is C25H30N4O4. The lowest BCUT2D eigenvalue weighted by molar-refractivity contribution is -0.142. The maximum Gasteiger partial charge on any atom is 0.326 e. The number of aromatic nitrogens is 1. The summed E-state index contributed by atoms with van der Waals surface area (Å²) in [6.45, 7) is 3.56. The second-order valence-electron chi connectivity index (χ2n) is 8.49. The van der Waals surface area contributed by atoms with Gasteiger partial charge in [0.2, 0.25) is 11.8 Å². The summed E-state index contributed by atoms with van der Waals surface area (Å²) in [4.78, 5) is 40.6. The Bertz CT molecular complexity index is 1110. The van der Waals surface area contributed by atoms with E-state index in [0.717, 1.165) is 22.0 Å². The van der Waals surface area contributed by atoms with Crippen molar-refractivity contribution in [3.05, 3.63) is 71.9 Å². The predicted molar refractivity (Wildman–Crippen MR) is 126 cm³/mol. The third kappa shape index (κ3) is 6.20. The third-order valence-corrected chi connectivity index (χ3v) is 5.60. The molecule has 8 heteroatoms. The molecule has 1 heterocycles. The highest BCUT2D eigenvalue weighted by Crippen LogP contribution is 2.19. The topological polar surface area (TPSA) is 137 Å². The highest BCUT2D eigenvalue weighted by molar-refractivity contribution is 5.92. The molecule has 3 atom stereocenters. The number of hydrogen-bond acceptors (Lipinski definition) is 4. The van der Waals surface area contributed by atoms with Gasteiger partial charge in [0, 0.05) is 23.5 Å². The number of nitrogens with two attached hydrogens (primary N) is 1. The van der Waals surface area contributed by atoms with Gasteiger partial charge in [-0.05, 0) is 29.5 Å². The van der Waals surface area contributed by atoms with Gasteiger partial charge in [-0.2, -0.15) is 0 Å². The third-order valence-electron chi connectivity index (χ3n) is 5.60. The number of H-pyrrole nitrogens is 1. The fourth-order valence-electron chi connectivity index (χ4n) is 3.74. The zero-order valence-electron chi connectivity index (χ0n) is 18.7. The summed E-state index contributed by atoms with van der Waals surface area (Å²) in [7, 11) is 0. The second-order valence-corrected chi connectivity index (χ2v) is 8.49. The van der Waals surface area contributed by atoms with E-state index in [1.807, 2.05) is 48.7 Å². The van der Waals surface area contributed by atoms with Crippen LogP contribution in [0.25, 0.3) is 10.9 Å². The molecule has 0 aliphatic heterocycles. The fourth-order valence-corrected chi connectivity index (χ4v) is 3.74. The Hall–Kier alpha value is -3.65. The number of benzene rings is 2. The highest BCUT2D eigenvalue weighted by atomic mass is 16.4. The van der Waals surface area contributed by atoms with Gasteiger partial charge in [0.1, 0.15) is 12.1 Å². The first-order chi connectivity index (χ1) is 15.8. The molecule has 0 unspecified atom stereocenters. The van der Waals surface area contributed by atoms with Crippen LogP contribution in [0.5, 0.6) is 0 Å². The van der Waals surface area contributed by atoms with E-state index >= 15 is 0 Å². The smallest absolute Gasteiger partial charge is 0.326 e. The van der Waals surface area contributed by atoms with Gasteiger partial charge in [-0.15, -0.1) is 0 Å². The van der Waals surface area contributed by atoms with Crippen LogP contribution in [0.1, 0.15) is 25.0 Å². The number of carbonyl (C=O) groups excluding carboxylic acids is 2. The van der Waals surface area contributed by atoms with Gasteiger partial charge in [0.15, 0.2) is 0 Å². The molecule has 8 nitrogen and oxygen atoms in total. The Balaban J connectivity index is 1.65. The molecule has 0 fully saturated rings. The lowest BCUT2D eigenvalue weighted by atomic mass is 10.00. The normalized spacial score (nSPS) is 13.9. The summed E-state index contributed by atoms with van der Waals surface area (Å²) < 4.78 is 0. The van der Waals surface area contributed by atoms with Crippen LogP contribution in [0, 0.1) is 5.92 Å². The molecule has 0 radical (unpaired) electrons. The maximum atomic E-state index is 12.9. The van der Waals surface area contributed by atoms with Gasteiger partial charge in [-0.3, -0.25) is 9.59 Å². The van der Waals surface area contributed by atoms with Crippen LogP contribution in [0.15, 0.2) is 60.8 Å². The molecule has 0 aliphatic carbocycles.